The molecule has 6 heteroatoms. The summed E-state index contributed by atoms with van der Waals surface area (Å²) in [7, 11) is 1.39. The summed E-state index contributed by atoms with van der Waals surface area (Å²) < 4.78 is 19.1. The Hall–Kier alpha value is -1.40. The van der Waals surface area contributed by atoms with Gasteiger partial charge in [-0.25, -0.2) is 4.39 Å². The van der Waals surface area contributed by atoms with E-state index in [2.05, 4.69) is 21.2 Å². The summed E-state index contributed by atoms with van der Waals surface area (Å²) in [5.74, 6) is -0.634. The third kappa shape index (κ3) is 2.88. The molecule has 0 fully saturated rings. The topological polar surface area (TPSA) is 38.3 Å². The first kappa shape index (κ1) is 13.0. The largest absolute Gasteiger partial charge is 0.494 e. The first-order valence-electron chi connectivity index (χ1n) is 5.00. The quantitative estimate of drug-likeness (QED) is 0.927. The molecule has 0 aliphatic carbocycles. The van der Waals surface area contributed by atoms with Gasteiger partial charge >= 0.3 is 0 Å². The SMILES string of the molecule is COc1ccc(NC(=O)c2ccc(Br)s2)cc1F. The third-order valence-corrected chi connectivity index (χ3v) is 3.83. The van der Waals surface area contributed by atoms with Crippen molar-refractivity contribution in [2.24, 2.45) is 0 Å². The van der Waals surface area contributed by atoms with Crippen LogP contribution in [0.3, 0.4) is 0 Å². The van der Waals surface area contributed by atoms with Crippen LogP contribution >= 0.6 is 27.3 Å². The van der Waals surface area contributed by atoms with Crippen LogP contribution in [0.25, 0.3) is 0 Å². The minimum atomic E-state index is -0.511. The lowest BCUT2D eigenvalue weighted by molar-refractivity contribution is 0.103. The van der Waals surface area contributed by atoms with Crippen molar-refractivity contribution in [3.63, 3.8) is 0 Å². The number of thiophene rings is 1. The maximum atomic E-state index is 13.4. The molecule has 2 rings (SSSR count). The number of hydrogen-bond donors (Lipinski definition) is 1. The Kier molecular flexibility index (Phi) is 3.98. The smallest absolute Gasteiger partial charge is 0.265 e. The predicted molar refractivity (Wildman–Crippen MR) is 72.9 cm³/mol. The van der Waals surface area contributed by atoms with Crippen LogP contribution in [0.15, 0.2) is 34.1 Å². The highest BCUT2D eigenvalue weighted by Crippen LogP contribution is 2.24. The second-order valence-corrected chi connectivity index (χ2v) is 5.87. The second-order valence-electron chi connectivity index (χ2n) is 3.41. The molecule has 0 saturated heterocycles. The molecule has 1 aromatic heterocycles. The van der Waals surface area contributed by atoms with E-state index in [9.17, 15) is 9.18 Å². The van der Waals surface area contributed by atoms with Gasteiger partial charge in [-0.2, -0.15) is 0 Å². The van der Waals surface area contributed by atoms with E-state index in [-0.39, 0.29) is 11.7 Å². The average Bonchev–Trinajstić information content (AvgIpc) is 2.76. The Morgan fingerprint density at radius 2 is 2.17 bits per heavy atom. The number of nitrogens with one attached hydrogen (secondary N) is 1. The molecule has 3 nitrogen and oxygen atoms in total. The minimum absolute atomic E-state index is 0.145. The molecule has 1 aromatic carbocycles. The van der Waals surface area contributed by atoms with Crippen molar-refractivity contribution in [2.45, 2.75) is 0 Å². The molecule has 18 heavy (non-hydrogen) atoms. The molecule has 1 heterocycles. The van der Waals surface area contributed by atoms with Crippen molar-refractivity contribution in [3.8, 4) is 5.75 Å². The minimum Gasteiger partial charge on any atom is -0.494 e. The van der Waals surface area contributed by atoms with Gasteiger partial charge < -0.3 is 10.1 Å². The van der Waals surface area contributed by atoms with Gasteiger partial charge in [0, 0.05) is 11.8 Å². The van der Waals surface area contributed by atoms with E-state index in [1.165, 1.54) is 30.6 Å². The average molecular weight is 330 g/mol. The standard InChI is InChI=1S/C12H9BrFNO2S/c1-17-9-3-2-7(6-8(9)14)15-12(16)10-4-5-11(13)18-10/h2-6H,1H3,(H,15,16). The van der Waals surface area contributed by atoms with Crippen LogP contribution in [-0.4, -0.2) is 13.0 Å². The van der Waals surface area contributed by atoms with Crippen LogP contribution in [0.5, 0.6) is 5.75 Å². The van der Waals surface area contributed by atoms with Crippen LogP contribution in [-0.2, 0) is 0 Å². The maximum absolute atomic E-state index is 13.4. The van der Waals surface area contributed by atoms with Crippen molar-refractivity contribution in [3.05, 3.63) is 44.8 Å². The number of ether oxygens (including phenoxy) is 1. The Morgan fingerprint density at radius 3 is 2.72 bits per heavy atom. The van der Waals surface area contributed by atoms with Crippen LogP contribution in [0.2, 0.25) is 0 Å². The van der Waals surface area contributed by atoms with Crippen LogP contribution in [0, 0.1) is 5.82 Å². The molecular formula is C12H9BrFNO2S. The lowest BCUT2D eigenvalue weighted by Gasteiger charge is -2.06. The van der Waals surface area contributed by atoms with Gasteiger partial charge in [-0.3, -0.25) is 4.79 Å². The zero-order valence-electron chi connectivity index (χ0n) is 9.37. The fourth-order valence-electron chi connectivity index (χ4n) is 1.37. The molecule has 1 amide bonds. The Morgan fingerprint density at radius 1 is 1.39 bits per heavy atom. The van der Waals surface area contributed by atoms with Crippen LogP contribution in [0.4, 0.5) is 10.1 Å². The lowest BCUT2D eigenvalue weighted by atomic mass is 10.3. The first-order chi connectivity index (χ1) is 8.60. The van der Waals surface area contributed by atoms with Gasteiger partial charge in [0.05, 0.1) is 15.8 Å². The van der Waals surface area contributed by atoms with E-state index in [1.807, 2.05) is 0 Å². The Balaban J connectivity index is 2.14. The van der Waals surface area contributed by atoms with Crippen LogP contribution < -0.4 is 10.1 Å². The van der Waals surface area contributed by atoms with Gasteiger partial charge in [0.1, 0.15) is 0 Å². The Labute approximate surface area is 116 Å². The number of amides is 1. The predicted octanol–water partition coefficient (Wildman–Crippen LogP) is 3.91. The molecule has 2 aromatic rings. The van der Waals surface area contributed by atoms with Crippen molar-refractivity contribution >= 4 is 38.9 Å². The molecular weight excluding hydrogens is 321 g/mol. The van der Waals surface area contributed by atoms with E-state index >= 15 is 0 Å². The summed E-state index contributed by atoms with van der Waals surface area (Å²) in [6.07, 6.45) is 0. The molecule has 0 bridgehead atoms. The van der Waals surface area contributed by atoms with Crippen LogP contribution in [0.1, 0.15) is 9.67 Å². The normalized spacial score (nSPS) is 10.2. The van der Waals surface area contributed by atoms with Gasteiger partial charge in [0.2, 0.25) is 0 Å². The molecule has 0 aliphatic heterocycles. The van der Waals surface area contributed by atoms with E-state index in [0.717, 1.165) is 3.79 Å². The highest BCUT2D eigenvalue weighted by atomic mass is 79.9. The highest BCUT2D eigenvalue weighted by Gasteiger charge is 2.10. The number of benzene rings is 1. The summed E-state index contributed by atoms with van der Waals surface area (Å²) in [6.45, 7) is 0. The number of methoxy groups -OCH3 is 1. The second kappa shape index (κ2) is 5.49. The number of carbonyl (C=O) groups is 1. The summed E-state index contributed by atoms with van der Waals surface area (Å²) in [5.41, 5.74) is 0.392. The molecule has 1 N–H and O–H groups in total. The molecule has 0 spiro atoms. The summed E-state index contributed by atoms with van der Waals surface area (Å²) >= 11 is 4.59. The molecule has 0 radical (unpaired) electrons. The van der Waals surface area contributed by atoms with E-state index in [0.29, 0.717) is 10.6 Å². The van der Waals surface area contributed by atoms with Crippen molar-refractivity contribution in [2.75, 3.05) is 12.4 Å². The number of hydrogen-bond acceptors (Lipinski definition) is 3. The number of halogens is 2. The zero-order valence-corrected chi connectivity index (χ0v) is 11.8. The lowest BCUT2D eigenvalue weighted by Crippen LogP contribution is -2.10. The van der Waals surface area contributed by atoms with Crippen molar-refractivity contribution in [1.82, 2.24) is 0 Å². The fourth-order valence-corrected chi connectivity index (χ4v) is 2.65. The zero-order chi connectivity index (χ0) is 13.1. The Bertz CT molecular complexity index is 585. The monoisotopic (exact) mass is 329 g/mol. The third-order valence-electron chi connectivity index (χ3n) is 2.21. The van der Waals surface area contributed by atoms with Gasteiger partial charge in [0.15, 0.2) is 11.6 Å². The molecule has 0 aliphatic rings. The number of rotatable bonds is 3. The van der Waals surface area contributed by atoms with E-state index in [1.54, 1.807) is 18.2 Å². The summed E-state index contributed by atoms with van der Waals surface area (Å²) in [4.78, 5) is 12.4. The molecule has 94 valence electrons. The first-order valence-corrected chi connectivity index (χ1v) is 6.61. The number of anilines is 1. The molecule has 0 unspecified atom stereocenters. The summed E-state index contributed by atoms with van der Waals surface area (Å²) in [5, 5.41) is 2.62. The van der Waals surface area contributed by atoms with Gasteiger partial charge in [-0.15, -0.1) is 11.3 Å². The van der Waals surface area contributed by atoms with E-state index < -0.39 is 5.82 Å². The maximum Gasteiger partial charge on any atom is 0.265 e. The van der Waals surface area contributed by atoms with Crippen molar-refractivity contribution in [1.29, 1.82) is 0 Å². The highest BCUT2D eigenvalue weighted by molar-refractivity contribution is 9.11. The number of carbonyl (C=O) groups excluding carboxylic acids is 1. The van der Waals surface area contributed by atoms with E-state index in [4.69, 9.17) is 4.74 Å². The van der Waals surface area contributed by atoms with Gasteiger partial charge in [-0.05, 0) is 40.2 Å². The van der Waals surface area contributed by atoms with Crippen molar-refractivity contribution < 1.29 is 13.9 Å². The summed E-state index contributed by atoms with van der Waals surface area (Å²) in [6, 6.07) is 7.76. The van der Waals surface area contributed by atoms with Gasteiger partial charge in [0.25, 0.3) is 5.91 Å². The fraction of sp³-hybridized carbons (Fsp3) is 0.0833. The van der Waals surface area contributed by atoms with Gasteiger partial charge in [-0.1, -0.05) is 0 Å². The molecule has 0 atom stereocenters. The molecule has 0 saturated carbocycles.